The van der Waals surface area contributed by atoms with Crippen LogP contribution in [-0.2, 0) is 54.6 Å². The molecule has 0 aliphatic carbocycles. The molecule has 0 bridgehead atoms. The number of aromatic hydroxyl groups is 1. The van der Waals surface area contributed by atoms with Crippen molar-refractivity contribution in [1.82, 2.24) is 20.4 Å². The number of benzene rings is 2. The average Bonchev–Trinajstić information content (AvgIpc) is 3.43. The van der Waals surface area contributed by atoms with Gasteiger partial charge in [0.25, 0.3) is 5.69 Å². The van der Waals surface area contributed by atoms with Gasteiger partial charge in [0, 0.05) is 16.9 Å². The number of amides is 4. The maximum absolute atomic E-state index is 13.6. The molecule has 288 valence electrons. The predicted molar refractivity (Wildman–Crippen MR) is 184 cm³/mol. The Bertz CT molecular complexity index is 2040. The number of hydrogen-bond donors (Lipinski definition) is 3. The number of nitrogens with one attached hydrogen (secondary N) is 2. The van der Waals surface area contributed by atoms with Crippen molar-refractivity contribution in [2.45, 2.75) is 85.1 Å². The summed E-state index contributed by atoms with van der Waals surface area (Å²) in [5.74, 6) is -4.10. The molecule has 2 aromatic rings. The van der Waals surface area contributed by atoms with Gasteiger partial charge in [-0.05, 0) is 63.1 Å². The number of ether oxygens (including phenoxy) is 3. The Labute approximate surface area is 311 Å². The minimum Gasteiger partial charge on any atom is -0.508 e. The third-order valence-electron chi connectivity index (χ3n) is 9.83. The van der Waals surface area contributed by atoms with Crippen LogP contribution in [0.1, 0.15) is 51.3 Å². The summed E-state index contributed by atoms with van der Waals surface area (Å²) in [6.45, 7) is 4.77. The molecule has 0 spiro atoms. The van der Waals surface area contributed by atoms with Gasteiger partial charge in [0.15, 0.2) is 9.84 Å². The van der Waals surface area contributed by atoms with Gasteiger partial charge in [0.1, 0.15) is 47.3 Å². The summed E-state index contributed by atoms with van der Waals surface area (Å²) >= 11 is 1.19. The number of carbonyl (C=O) groups excluding carboxylic acids is 6. The summed E-state index contributed by atoms with van der Waals surface area (Å²) in [4.78, 5) is 90.8. The number of hydrogen-bond acceptors (Lipinski definition) is 15. The number of β-lactam (4-membered cyclic amide) rings is 2. The van der Waals surface area contributed by atoms with Crippen molar-refractivity contribution in [2.24, 2.45) is 0 Å². The maximum atomic E-state index is 13.6. The third kappa shape index (κ3) is 6.54. The number of phenols is 1. The molecule has 4 saturated heterocycles. The normalized spacial score (nSPS) is 25.9. The smallest absolute Gasteiger partial charge is 0.408 e. The molecule has 4 aliphatic heterocycles. The molecule has 0 saturated carbocycles. The summed E-state index contributed by atoms with van der Waals surface area (Å²) < 4.78 is 38.6. The first kappa shape index (κ1) is 38.3. The summed E-state index contributed by atoms with van der Waals surface area (Å²) in [7, 11) is -3.87. The molecule has 0 radical (unpaired) electrons. The van der Waals surface area contributed by atoms with Crippen LogP contribution in [-0.4, -0.2) is 109 Å². The van der Waals surface area contributed by atoms with Crippen molar-refractivity contribution in [3.63, 3.8) is 0 Å². The molecule has 21 heteroatoms. The van der Waals surface area contributed by atoms with E-state index in [2.05, 4.69) is 10.6 Å². The standard InChI is InChI=1S/C33H35N5O14S2/c1-32(2)24(29(43)51-15-52-30(44)25-33(3,4)54(48,49)21-13-20(40)36(21)25)37-27(42)23(28(37)53-32)34-26(41)22(17-7-11-19(39)12-8-17)35-31(45)50-14-16-5-9-18(10-6-16)38(46)47/h5-12,21-25,28,39H,13-15H2,1-4H3,(H,34,41)(H,35,45)/t21-,22?,23-,24+,25+,28-/m1/s1. The van der Waals surface area contributed by atoms with E-state index in [9.17, 15) is 52.4 Å². The number of non-ortho nitro benzene ring substituents is 1. The van der Waals surface area contributed by atoms with E-state index in [1.807, 2.05) is 0 Å². The van der Waals surface area contributed by atoms with Crippen molar-refractivity contribution in [1.29, 1.82) is 0 Å². The van der Waals surface area contributed by atoms with E-state index >= 15 is 0 Å². The highest BCUT2D eigenvalue weighted by molar-refractivity contribution is 8.01. The first-order valence-corrected chi connectivity index (χ1v) is 18.8. The van der Waals surface area contributed by atoms with Crippen LogP contribution in [0.2, 0.25) is 0 Å². The molecule has 4 heterocycles. The first-order valence-electron chi connectivity index (χ1n) is 16.4. The zero-order valence-corrected chi connectivity index (χ0v) is 30.7. The molecule has 54 heavy (non-hydrogen) atoms. The number of carbonyl (C=O) groups is 6. The van der Waals surface area contributed by atoms with Gasteiger partial charge in [-0.25, -0.2) is 22.8 Å². The molecule has 4 fully saturated rings. The molecule has 2 aromatic carbocycles. The van der Waals surface area contributed by atoms with Crippen LogP contribution in [0.4, 0.5) is 10.5 Å². The third-order valence-corrected chi connectivity index (χ3v) is 14.2. The summed E-state index contributed by atoms with van der Waals surface area (Å²) in [5.41, 5.74) is 0.505. The number of phenolic OH excluding ortho intramolecular Hbond substituents is 1. The SMILES string of the molecule is CC1(C)S[C@@H]2[C@H](NC(=O)C(NC(=O)OCc3ccc([N+](=O)[O-])cc3)c3ccc(O)cc3)C(=O)N2[C@H]1C(=O)OCOC(=O)[C@@H]1N2C(=O)C[C@H]2S(=O)(=O)C1(C)C. The Morgan fingerprint density at radius 1 is 0.963 bits per heavy atom. The number of thioether (sulfide) groups is 1. The first-order chi connectivity index (χ1) is 25.3. The lowest BCUT2D eigenvalue weighted by molar-refractivity contribution is -0.384. The number of nitrogens with zero attached hydrogens (tertiary/aromatic N) is 3. The summed E-state index contributed by atoms with van der Waals surface area (Å²) in [5, 5.41) is 23.8. The zero-order valence-electron chi connectivity index (χ0n) is 29.1. The molecular formula is C33H35N5O14S2. The van der Waals surface area contributed by atoms with Gasteiger partial charge in [-0.1, -0.05) is 12.1 Å². The molecule has 4 amide bonds. The van der Waals surface area contributed by atoms with Gasteiger partial charge in [-0.2, -0.15) is 0 Å². The van der Waals surface area contributed by atoms with Crippen LogP contribution < -0.4 is 10.6 Å². The van der Waals surface area contributed by atoms with Crippen LogP contribution in [0, 0.1) is 10.1 Å². The Kier molecular flexibility index (Phi) is 9.76. The zero-order chi connectivity index (χ0) is 39.5. The molecule has 19 nitrogen and oxygen atoms in total. The molecule has 4 aliphatic rings. The fourth-order valence-electron chi connectivity index (χ4n) is 6.87. The van der Waals surface area contributed by atoms with Crippen molar-refractivity contribution < 1.29 is 61.4 Å². The Balaban J connectivity index is 1.07. The minimum atomic E-state index is -3.87. The van der Waals surface area contributed by atoms with Crippen LogP contribution in [0.5, 0.6) is 5.75 Å². The largest absolute Gasteiger partial charge is 0.508 e. The fraction of sp³-hybridized carbons (Fsp3) is 0.455. The number of nitro benzene ring substituents is 1. The highest BCUT2D eigenvalue weighted by atomic mass is 32.2. The number of rotatable bonds is 11. The minimum absolute atomic E-state index is 0.115. The second-order valence-electron chi connectivity index (χ2n) is 14.0. The number of esters is 2. The Morgan fingerprint density at radius 3 is 2.17 bits per heavy atom. The van der Waals surface area contributed by atoms with Gasteiger partial charge in [0.2, 0.25) is 24.5 Å². The number of nitro groups is 1. The number of fused-ring (bicyclic) bond motifs is 2. The van der Waals surface area contributed by atoms with Crippen molar-refractivity contribution in [2.75, 3.05) is 6.79 Å². The van der Waals surface area contributed by atoms with E-state index in [1.165, 1.54) is 79.0 Å². The van der Waals surface area contributed by atoms with Crippen molar-refractivity contribution in [3.05, 3.63) is 69.8 Å². The fourth-order valence-corrected chi connectivity index (χ4v) is 10.6. The molecule has 6 atom stereocenters. The van der Waals surface area contributed by atoms with E-state index in [1.54, 1.807) is 13.8 Å². The molecule has 0 aromatic heterocycles. The van der Waals surface area contributed by atoms with E-state index in [-0.39, 0.29) is 30.0 Å². The quantitative estimate of drug-likeness (QED) is 0.0943. The number of sulfone groups is 1. The molecule has 6 rings (SSSR count). The Hall–Kier alpha value is -5.44. The van der Waals surface area contributed by atoms with E-state index < -0.39 is 102 Å². The van der Waals surface area contributed by atoms with Crippen LogP contribution in [0.25, 0.3) is 0 Å². The Morgan fingerprint density at radius 2 is 1.57 bits per heavy atom. The van der Waals surface area contributed by atoms with Crippen LogP contribution in [0.3, 0.4) is 0 Å². The molecule has 1 unspecified atom stereocenters. The lowest BCUT2D eigenvalue weighted by Crippen LogP contribution is -2.71. The monoisotopic (exact) mass is 789 g/mol. The van der Waals surface area contributed by atoms with Crippen LogP contribution >= 0.6 is 11.8 Å². The lowest BCUT2D eigenvalue weighted by atomic mass is 9.95. The van der Waals surface area contributed by atoms with Gasteiger partial charge in [0.05, 0.1) is 16.1 Å². The lowest BCUT2D eigenvalue weighted by Gasteiger charge is -2.44. The van der Waals surface area contributed by atoms with Crippen molar-refractivity contribution >= 4 is 63.0 Å². The highest BCUT2D eigenvalue weighted by Crippen LogP contribution is 2.51. The van der Waals surface area contributed by atoms with E-state index in [0.717, 1.165) is 4.90 Å². The number of alkyl carbamates (subject to hydrolysis) is 1. The second-order valence-corrected chi connectivity index (χ2v) is 18.4. The maximum Gasteiger partial charge on any atom is 0.408 e. The molecule has 3 N–H and O–H groups in total. The predicted octanol–water partition coefficient (Wildman–Crippen LogP) is 0.993. The van der Waals surface area contributed by atoms with Gasteiger partial charge in [-0.3, -0.25) is 24.5 Å². The van der Waals surface area contributed by atoms with Crippen LogP contribution in [0.15, 0.2) is 48.5 Å². The van der Waals surface area contributed by atoms with Gasteiger partial charge in [-0.15, -0.1) is 11.8 Å². The van der Waals surface area contributed by atoms with Gasteiger partial charge < -0.3 is 39.8 Å². The topological polar surface area (TPSA) is 258 Å². The van der Waals surface area contributed by atoms with Gasteiger partial charge >= 0.3 is 18.0 Å². The second kappa shape index (κ2) is 13.8. The van der Waals surface area contributed by atoms with Crippen molar-refractivity contribution in [3.8, 4) is 5.75 Å². The molecular weight excluding hydrogens is 755 g/mol. The summed E-state index contributed by atoms with van der Waals surface area (Å²) in [6.07, 6.45) is -1.27. The highest BCUT2D eigenvalue weighted by Gasteiger charge is 2.68. The van der Waals surface area contributed by atoms with E-state index in [0.29, 0.717) is 5.56 Å². The van der Waals surface area contributed by atoms with E-state index in [4.69, 9.17) is 14.2 Å². The summed E-state index contributed by atoms with van der Waals surface area (Å²) in [6, 6.07) is 5.44. The average molecular weight is 790 g/mol.